The fourth-order valence-corrected chi connectivity index (χ4v) is 0.805. The predicted octanol–water partition coefficient (Wildman–Crippen LogP) is 1.83. The lowest BCUT2D eigenvalue weighted by Crippen LogP contribution is -2.04. The number of hydrogen-bond acceptors (Lipinski definition) is 1. The van der Waals surface area contributed by atoms with E-state index in [9.17, 15) is 0 Å². The zero-order chi connectivity index (χ0) is 7.28. The molecular weight excluding hydrogens is 112 g/mol. The van der Waals surface area contributed by atoms with Crippen molar-refractivity contribution in [3.05, 3.63) is 12.7 Å². The van der Waals surface area contributed by atoms with Gasteiger partial charge in [-0.2, -0.15) is 0 Å². The third-order valence-electron chi connectivity index (χ3n) is 1.49. The van der Waals surface area contributed by atoms with E-state index in [-0.39, 0.29) is 6.61 Å². The fourth-order valence-electron chi connectivity index (χ4n) is 0.805. The zero-order valence-electron chi connectivity index (χ0n) is 6.30. The van der Waals surface area contributed by atoms with Crippen LogP contribution >= 0.6 is 0 Å². The molecule has 0 spiro atoms. The maximum Gasteiger partial charge on any atom is 0.0456 e. The molecule has 54 valence electrons. The maximum absolute atomic E-state index is 8.64. The van der Waals surface area contributed by atoms with Crippen molar-refractivity contribution in [1.29, 1.82) is 0 Å². The average molecular weight is 128 g/mol. The van der Waals surface area contributed by atoms with Gasteiger partial charge in [0.2, 0.25) is 0 Å². The third-order valence-corrected chi connectivity index (χ3v) is 1.49. The van der Waals surface area contributed by atoms with Crippen molar-refractivity contribution >= 4 is 0 Å². The Labute approximate surface area is 57.4 Å². The van der Waals surface area contributed by atoms with E-state index in [0.717, 1.165) is 6.42 Å². The highest BCUT2D eigenvalue weighted by Gasteiger charge is 2.02. The Balaban J connectivity index is 3.33. The number of allylic oxidation sites excluding steroid dienone is 1. The van der Waals surface area contributed by atoms with Crippen molar-refractivity contribution < 1.29 is 5.11 Å². The van der Waals surface area contributed by atoms with E-state index < -0.39 is 0 Å². The number of rotatable bonds is 4. The third kappa shape index (κ3) is 4.22. The molecule has 0 saturated carbocycles. The predicted molar refractivity (Wildman–Crippen MR) is 40.2 cm³/mol. The summed E-state index contributed by atoms with van der Waals surface area (Å²) in [6, 6.07) is 0. The largest absolute Gasteiger partial charge is 0.396 e. The van der Waals surface area contributed by atoms with E-state index in [1.54, 1.807) is 0 Å². The highest BCUT2D eigenvalue weighted by atomic mass is 16.3. The molecule has 0 fully saturated rings. The second-order valence-corrected chi connectivity index (χ2v) is 2.74. The van der Waals surface area contributed by atoms with Crippen LogP contribution in [0, 0.1) is 11.8 Å². The first-order valence-electron chi connectivity index (χ1n) is 3.44. The normalized spacial score (nSPS) is 16.8. The van der Waals surface area contributed by atoms with Crippen LogP contribution in [0.1, 0.15) is 20.3 Å². The highest BCUT2D eigenvalue weighted by molar-refractivity contribution is 4.76. The summed E-state index contributed by atoms with van der Waals surface area (Å²) in [6.07, 6.45) is 2.96. The van der Waals surface area contributed by atoms with Crippen LogP contribution in [-0.2, 0) is 0 Å². The standard InChI is InChI=1S/C8H16O/c1-4-7(2)5-8(3)6-9/h4,7-9H,1,5-6H2,2-3H3/t7-,8+/m0/s1. The molecule has 0 aliphatic carbocycles. The van der Waals surface area contributed by atoms with Crippen LogP contribution in [0.15, 0.2) is 12.7 Å². The molecule has 0 aromatic carbocycles. The SMILES string of the molecule is C=C[C@H](C)C[C@@H](C)CO. The molecule has 0 unspecified atom stereocenters. The van der Waals surface area contributed by atoms with E-state index in [1.165, 1.54) is 0 Å². The lowest BCUT2D eigenvalue weighted by molar-refractivity contribution is 0.222. The van der Waals surface area contributed by atoms with Gasteiger partial charge in [-0.15, -0.1) is 6.58 Å². The van der Waals surface area contributed by atoms with Gasteiger partial charge in [0.05, 0.1) is 0 Å². The lowest BCUT2D eigenvalue weighted by atomic mass is 9.98. The Morgan fingerprint density at radius 2 is 2.11 bits per heavy atom. The summed E-state index contributed by atoms with van der Waals surface area (Å²) >= 11 is 0. The van der Waals surface area contributed by atoms with Crippen LogP contribution in [-0.4, -0.2) is 11.7 Å². The molecule has 0 amide bonds. The number of aliphatic hydroxyl groups is 1. The smallest absolute Gasteiger partial charge is 0.0456 e. The van der Waals surface area contributed by atoms with Gasteiger partial charge in [-0.25, -0.2) is 0 Å². The quantitative estimate of drug-likeness (QED) is 0.573. The first kappa shape index (κ1) is 8.70. The molecule has 2 atom stereocenters. The summed E-state index contributed by atoms with van der Waals surface area (Å²) in [4.78, 5) is 0. The van der Waals surface area contributed by atoms with E-state index in [1.807, 2.05) is 13.0 Å². The first-order chi connectivity index (χ1) is 4.20. The van der Waals surface area contributed by atoms with Crippen LogP contribution in [0.2, 0.25) is 0 Å². The van der Waals surface area contributed by atoms with Gasteiger partial charge in [-0.05, 0) is 18.3 Å². The molecule has 1 N–H and O–H groups in total. The second kappa shape index (κ2) is 4.57. The molecule has 0 aliphatic heterocycles. The van der Waals surface area contributed by atoms with Crippen LogP contribution in [0.5, 0.6) is 0 Å². The van der Waals surface area contributed by atoms with Crippen LogP contribution < -0.4 is 0 Å². The lowest BCUT2D eigenvalue weighted by Gasteiger charge is -2.09. The van der Waals surface area contributed by atoms with Crippen LogP contribution in [0.3, 0.4) is 0 Å². The summed E-state index contributed by atoms with van der Waals surface area (Å²) < 4.78 is 0. The van der Waals surface area contributed by atoms with Crippen molar-refractivity contribution in [2.24, 2.45) is 11.8 Å². The van der Waals surface area contributed by atoms with Gasteiger partial charge < -0.3 is 5.11 Å². The molecule has 0 aliphatic rings. The van der Waals surface area contributed by atoms with Crippen molar-refractivity contribution in [2.45, 2.75) is 20.3 Å². The summed E-state index contributed by atoms with van der Waals surface area (Å²) in [5, 5.41) is 8.64. The molecular formula is C8H16O. The molecule has 9 heavy (non-hydrogen) atoms. The Morgan fingerprint density at radius 1 is 1.56 bits per heavy atom. The van der Waals surface area contributed by atoms with Crippen molar-refractivity contribution in [3.8, 4) is 0 Å². The van der Waals surface area contributed by atoms with E-state index >= 15 is 0 Å². The van der Waals surface area contributed by atoms with E-state index in [2.05, 4.69) is 13.5 Å². The molecule has 0 heterocycles. The first-order valence-corrected chi connectivity index (χ1v) is 3.44. The highest BCUT2D eigenvalue weighted by Crippen LogP contribution is 2.10. The summed E-state index contributed by atoms with van der Waals surface area (Å²) in [7, 11) is 0. The molecule has 1 heteroatoms. The Kier molecular flexibility index (Phi) is 4.41. The Bertz CT molecular complexity index is 78.6. The fraction of sp³-hybridized carbons (Fsp3) is 0.750. The van der Waals surface area contributed by atoms with Gasteiger partial charge >= 0.3 is 0 Å². The number of hydrogen-bond donors (Lipinski definition) is 1. The monoisotopic (exact) mass is 128 g/mol. The average Bonchev–Trinajstić information content (AvgIpc) is 1.87. The minimum absolute atomic E-state index is 0.290. The van der Waals surface area contributed by atoms with Crippen LogP contribution in [0.4, 0.5) is 0 Å². The van der Waals surface area contributed by atoms with Gasteiger partial charge in [0.15, 0.2) is 0 Å². The van der Waals surface area contributed by atoms with Gasteiger partial charge in [0.1, 0.15) is 0 Å². The van der Waals surface area contributed by atoms with E-state index in [0.29, 0.717) is 11.8 Å². The second-order valence-electron chi connectivity index (χ2n) is 2.74. The Hall–Kier alpha value is -0.300. The van der Waals surface area contributed by atoms with Gasteiger partial charge in [-0.3, -0.25) is 0 Å². The van der Waals surface area contributed by atoms with Crippen LogP contribution in [0.25, 0.3) is 0 Å². The molecule has 0 rings (SSSR count). The topological polar surface area (TPSA) is 20.2 Å². The molecule has 0 saturated heterocycles. The summed E-state index contributed by atoms with van der Waals surface area (Å²) in [5.41, 5.74) is 0. The van der Waals surface area contributed by atoms with Crippen molar-refractivity contribution in [2.75, 3.05) is 6.61 Å². The maximum atomic E-state index is 8.64. The van der Waals surface area contributed by atoms with Crippen molar-refractivity contribution in [1.82, 2.24) is 0 Å². The van der Waals surface area contributed by atoms with Crippen molar-refractivity contribution in [3.63, 3.8) is 0 Å². The molecule has 0 aromatic rings. The minimum Gasteiger partial charge on any atom is -0.396 e. The Morgan fingerprint density at radius 3 is 2.44 bits per heavy atom. The van der Waals surface area contributed by atoms with E-state index in [4.69, 9.17) is 5.11 Å². The molecule has 1 nitrogen and oxygen atoms in total. The minimum atomic E-state index is 0.290. The summed E-state index contributed by atoms with van der Waals surface area (Å²) in [5.74, 6) is 0.949. The van der Waals surface area contributed by atoms with Gasteiger partial charge in [0.25, 0.3) is 0 Å². The zero-order valence-corrected chi connectivity index (χ0v) is 6.30. The van der Waals surface area contributed by atoms with Gasteiger partial charge in [-0.1, -0.05) is 19.9 Å². The number of aliphatic hydroxyl groups excluding tert-OH is 1. The molecule has 0 radical (unpaired) electrons. The summed E-state index contributed by atoms with van der Waals surface area (Å²) in [6.45, 7) is 8.11. The molecule has 0 bridgehead atoms. The molecule has 0 aromatic heterocycles. The van der Waals surface area contributed by atoms with Gasteiger partial charge in [0, 0.05) is 6.61 Å².